The zero-order valence-electron chi connectivity index (χ0n) is 11.8. The van der Waals surface area contributed by atoms with Crippen molar-refractivity contribution in [3.63, 3.8) is 0 Å². The highest BCUT2D eigenvalue weighted by atomic mass is 16.3. The third kappa shape index (κ3) is 4.97. The van der Waals surface area contributed by atoms with Crippen LogP contribution in [0.5, 0.6) is 0 Å². The lowest BCUT2D eigenvalue weighted by atomic mass is 9.74. The van der Waals surface area contributed by atoms with Crippen molar-refractivity contribution >= 4 is 0 Å². The zero-order valence-corrected chi connectivity index (χ0v) is 11.8. The van der Waals surface area contributed by atoms with E-state index in [4.69, 9.17) is 0 Å². The van der Waals surface area contributed by atoms with Gasteiger partial charge in [-0.1, -0.05) is 46.0 Å². The smallest absolute Gasteiger partial charge is 0.0499 e. The number of aliphatic hydroxyl groups excluding tert-OH is 1. The summed E-state index contributed by atoms with van der Waals surface area (Å²) in [6.07, 6.45) is 11.4. The number of hydrogen-bond donors (Lipinski definition) is 2. The van der Waals surface area contributed by atoms with Crippen LogP contribution in [0, 0.1) is 5.41 Å². The molecule has 0 bridgehead atoms. The molecule has 0 aromatic heterocycles. The average molecular weight is 241 g/mol. The molecule has 0 radical (unpaired) electrons. The van der Waals surface area contributed by atoms with E-state index in [1.54, 1.807) is 0 Å². The van der Waals surface area contributed by atoms with Crippen molar-refractivity contribution in [2.24, 2.45) is 5.41 Å². The topological polar surface area (TPSA) is 32.3 Å². The SMILES string of the molecule is CCCC(CCC)NCC1(CO)CCCCC1. The summed E-state index contributed by atoms with van der Waals surface area (Å²) >= 11 is 0. The van der Waals surface area contributed by atoms with Crippen LogP contribution in [0.15, 0.2) is 0 Å². The van der Waals surface area contributed by atoms with Gasteiger partial charge in [-0.15, -0.1) is 0 Å². The predicted molar refractivity (Wildman–Crippen MR) is 74.2 cm³/mol. The van der Waals surface area contributed by atoms with Crippen LogP contribution in [0.25, 0.3) is 0 Å². The fourth-order valence-electron chi connectivity index (χ4n) is 3.10. The Labute approximate surface area is 107 Å². The fourth-order valence-corrected chi connectivity index (χ4v) is 3.10. The Bertz CT molecular complexity index is 181. The second-order valence-corrected chi connectivity index (χ2v) is 5.87. The molecule has 0 aromatic rings. The molecule has 17 heavy (non-hydrogen) atoms. The average Bonchev–Trinajstić information content (AvgIpc) is 2.38. The molecular weight excluding hydrogens is 210 g/mol. The lowest BCUT2D eigenvalue weighted by molar-refractivity contribution is 0.0775. The van der Waals surface area contributed by atoms with Crippen LogP contribution in [0.3, 0.4) is 0 Å². The normalized spacial score (nSPS) is 19.8. The maximum absolute atomic E-state index is 9.67. The Morgan fingerprint density at radius 3 is 2.12 bits per heavy atom. The van der Waals surface area contributed by atoms with Crippen LogP contribution in [0.4, 0.5) is 0 Å². The van der Waals surface area contributed by atoms with Gasteiger partial charge < -0.3 is 10.4 Å². The van der Waals surface area contributed by atoms with Crippen molar-refractivity contribution in [1.82, 2.24) is 5.32 Å². The third-order valence-corrected chi connectivity index (χ3v) is 4.29. The van der Waals surface area contributed by atoms with Crippen LogP contribution in [0.2, 0.25) is 0 Å². The summed E-state index contributed by atoms with van der Waals surface area (Å²) < 4.78 is 0. The molecule has 0 unspecified atom stereocenters. The molecule has 1 aliphatic rings. The van der Waals surface area contributed by atoms with E-state index >= 15 is 0 Å². The Hall–Kier alpha value is -0.0800. The van der Waals surface area contributed by atoms with Crippen molar-refractivity contribution in [1.29, 1.82) is 0 Å². The molecule has 0 atom stereocenters. The molecule has 0 aliphatic heterocycles. The highest BCUT2D eigenvalue weighted by Gasteiger charge is 2.31. The van der Waals surface area contributed by atoms with Gasteiger partial charge in [-0.25, -0.2) is 0 Å². The first kappa shape index (κ1) is 15.0. The van der Waals surface area contributed by atoms with Gasteiger partial charge in [-0.05, 0) is 25.7 Å². The number of nitrogens with one attached hydrogen (secondary N) is 1. The Balaban J connectivity index is 2.38. The van der Waals surface area contributed by atoms with Gasteiger partial charge >= 0.3 is 0 Å². The Morgan fingerprint density at radius 2 is 1.65 bits per heavy atom. The standard InChI is InChI=1S/C15H31NO/c1-3-8-14(9-4-2)16-12-15(13-17)10-6-5-7-11-15/h14,16-17H,3-13H2,1-2H3. The largest absolute Gasteiger partial charge is 0.396 e. The van der Waals surface area contributed by atoms with E-state index in [-0.39, 0.29) is 5.41 Å². The predicted octanol–water partition coefficient (Wildman–Crippen LogP) is 3.49. The van der Waals surface area contributed by atoms with E-state index in [1.165, 1.54) is 57.8 Å². The van der Waals surface area contributed by atoms with Gasteiger partial charge in [0.2, 0.25) is 0 Å². The first-order chi connectivity index (χ1) is 8.26. The Morgan fingerprint density at radius 1 is 1.06 bits per heavy atom. The first-order valence-corrected chi connectivity index (χ1v) is 7.60. The highest BCUT2D eigenvalue weighted by Crippen LogP contribution is 2.35. The van der Waals surface area contributed by atoms with Crippen LogP contribution >= 0.6 is 0 Å². The second kappa shape index (κ2) is 8.10. The van der Waals surface area contributed by atoms with Crippen molar-refractivity contribution in [2.45, 2.75) is 77.7 Å². The molecule has 0 aromatic carbocycles. The summed E-state index contributed by atoms with van der Waals surface area (Å²) in [5, 5.41) is 13.4. The Kier molecular flexibility index (Phi) is 7.14. The molecule has 1 rings (SSSR count). The number of rotatable bonds is 8. The van der Waals surface area contributed by atoms with Crippen molar-refractivity contribution < 1.29 is 5.11 Å². The van der Waals surface area contributed by atoms with E-state index in [0.717, 1.165) is 6.54 Å². The highest BCUT2D eigenvalue weighted by molar-refractivity contribution is 4.85. The summed E-state index contributed by atoms with van der Waals surface area (Å²) in [6, 6.07) is 0.662. The molecule has 0 spiro atoms. The zero-order chi connectivity index (χ0) is 12.6. The molecule has 0 heterocycles. The molecule has 2 heteroatoms. The molecule has 2 nitrogen and oxygen atoms in total. The quantitative estimate of drug-likeness (QED) is 0.682. The van der Waals surface area contributed by atoms with Gasteiger partial charge in [0, 0.05) is 24.6 Å². The third-order valence-electron chi connectivity index (χ3n) is 4.29. The van der Waals surface area contributed by atoms with E-state index in [0.29, 0.717) is 12.6 Å². The molecular formula is C15H31NO. The van der Waals surface area contributed by atoms with Gasteiger partial charge in [0.1, 0.15) is 0 Å². The van der Waals surface area contributed by atoms with Gasteiger partial charge in [-0.2, -0.15) is 0 Å². The minimum Gasteiger partial charge on any atom is -0.396 e. The lowest BCUT2D eigenvalue weighted by Crippen LogP contribution is -2.43. The fraction of sp³-hybridized carbons (Fsp3) is 1.00. The van der Waals surface area contributed by atoms with Crippen LogP contribution in [-0.2, 0) is 0 Å². The first-order valence-electron chi connectivity index (χ1n) is 7.60. The minimum absolute atomic E-state index is 0.192. The van der Waals surface area contributed by atoms with Crippen molar-refractivity contribution in [3.8, 4) is 0 Å². The van der Waals surface area contributed by atoms with E-state index in [1.807, 2.05) is 0 Å². The van der Waals surface area contributed by atoms with Crippen molar-refractivity contribution in [2.75, 3.05) is 13.2 Å². The minimum atomic E-state index is 0.192. The summed E-state index contributed by atoms with van der Waals surface area (Å²) in [6.45, 7) is 5.90. The van der Waals surface area contributed by atoms with Crippen LogP contribution in [0.1, 0.15) is 71.6 Å². The summed E-state index contributed by atoms with van der Waals surface area (Å²) in [5.74, 6) is 0. The maximum atomic E-state index is 9.67. The van der Waals surface area contributed by atoms with Crippen LogP contribution in [-0.4, -0.2) is 24.3 Å². The van der Waals surface area contributed by atoms with E-state index < -0.39 is 0 Å². The second-order valence-electron chi connectivity index (χ2n) is 5.87. The molecule has 1 saturated carbocycles. The molecule has 102 valence electrons. The summed E-state index contributed by atoms with van der Waals surface area (Å²) in [5.41, 5.74) is 0.192. The van der Waals surface area contributed by atoms with Gasteiger partial charge in [-0.3, -0.25) is 0 Å². The number of hydrogen-bond acceptors (Lipinski definition) is 2. The van der Waals surface area contributed by atoms with Gasteiger partial charge in [0.25, 0.3) is 0 Å². The molecule has 1 fully saturated rings. The maximum Gasteiger partial charge on any atom is 0.0499 e. The van der Waals surface area contributed by atoms with Gasteiger partial charge in [0.15, 0.2) is 0 Å². The van der Waals surface area contributed by atoms with E-state index in [9.17, 15) is 5.11 Å². The molecule has 0 amide bonds. The lowest BCUT2D eigenvalue weighted by Gasteiger charge is -2.37. The van der Waals surface area contributed by atoms with E-state index in [2.05, 4.69) is 19.2 Å². The summed E-state index contributed by atoms with van der Waals surface area (Å²) in [4.78, 5) is 0. The number of aliphatic hydroxyl groups is 1. The van der Waals surface area contributed by atoms with Gasteiger partial charge in [0.05, 0.1) is 0 Å². The molecule has 1 aliphatic carbocycles. The monoisotopic (exact) mass is 241 g/mol. The summed E-state index contributed by atoms with van der Waals surface area (Å²) in [7, 11) is 0. The molecule has 0 saturated heterocycles. The van der Waals surface area contributed by atoms with Crippen LogP contribution < -0.4 is 5.32 Å². The molecule has 2 N–H and O–H groups in total. The van der Waals surface area contributed by atoms with Crippen molar-refractivity contribution in [3.05, 3.63) is 0 Å².